The number of benzene rings is 1. The van der Waals surface area contributed by atoms with Crippen LogP contribution in [0.4, 0.5) is 0 Å². The van der Waals surface area contributed by atoms with E-state index in [-0.39, 0.29) is 0 Å². The zero-order valence-corrected chi connectivity index (χ0v) is 10.6. The van der Waals surface area contributed by atoms with E-state index in [0.717, 1.165) is 17.9 Å². The third kappa shape index (κ3) is 5.85. The fraction of sp³-hybridized carbons (Fsp3) is 0.538. The first kappa shape index (κ1) is 12.6. The number of thioether (sulfide) groups is 1. The molecule has 0 atom stereocenters. The molecule has 1 nitrogen and oxygen atoms in total. The zero-order valence-electron chi connectivity index (χ0n) is 9.79. The van der Waals surface area contributed by atoms with Crippen molar-refractivity contribution in [2.24, 2.45) is 0 Å². The van der Waals surface area contributed by atoms with E-state index in [0.29, 0.717) is 0 Å². The molecule has 0 bridgehead atoms. The normalized spacial score (nSPS) is 11.7. The quantitative estimate of drug-likeness (QED) is 0.774. The van der Waals surface area contributed by atoms with Crippen molar-refractivity contribution < 1.29 is 5.11 Å². The van der Waals surface area contributed by atoms with Gasteiger partial charge in [-0.2, -0.15) is 11.8 Å². The van der Waals surface area contributed by atoms with Gasteiger partial charge in [0.1, 0.15) is 0 Å². The van der Waals surface area contributed by atoms with Gasteiger partial charge in [0.05, 0.1) is 5.60 Å². The highest BCUT2D eigenvalue weighted by atomic mass is 32.2. The minimum Gasteiger partial charge on any atom is -0.390 e. The van der Waals surface area contributed by atoms with Crippen molar-refractivity contribution in [3.63, 3.8) is 0 Å². The minimum atomic E-state index is -0.528. The lowest BCUT2D eigenvalue weighted by Crippen LogP contribution is -2.19. The fourth-order valence-electron chi connectivity index (χ4n) is 1.31. The Labute approximate surface area is 96.9 Å². The Hall–Kier alpha value is -0.470. The molecule has 1 aromatic rings. The summed E-state index contributed by atoms with van der Waals surface area (Å²) in [6, 6.07) is 8.59. The van der Waals surface area contributed by atoms with Crippen molar-refractivity contribution in [2.75, 3.05) is 5.75 Å². The summed E-state index contributed by atoms with van der Waals surface area (Å²) in [5.74, 6) is 2.05. The average molecular weight is 224 g/mol. The topological polar surface area (TPSA) is 20.2 Å². The second-order valence-electron chi connectivity index (χ2n) is 4.60. The third-order valence-corrected chi connectivity index (χ3v) is 3.24. The summed E-state index contributed by atoms with van der Waals surface area (Å²) in [7, 11) is 0. The van der Waals surface area contributed by atoms with Crippen LogP contribution in [0.5, 0.6) is 0 Å². The summed E-state index contributed by atoms with van der Waals surface area (Å²) in [5, 5.41) is 9.55. The molecule has 1 N–H and O–H groups in total. The first-order valence-electron chi connectivity index (χ1n) is 5.33. The van der Waals surface area contributed by atoms with Crippen LogP contribution < -0.4 is 0 Å². The van der Waals surface area contributed by atoms with Gasteiger partial charge in [-0.05, 0) is 38.5 Å². The number of aliphatic hydroxyl groups is 1. The highest BCUT2D eigenvalue weighted by molar-refractivity contribution is 7.98. The molecule has 0 radical (unpaired) electrons. The van der Waals surface area contributed by atoms with Crippen LogP contribution >= 0.6 is 11.8 Å². The first-order chi connectivity index (χ1) is 6.97. The molecule has 1 aromatic carbocycles. The number of hydrogen-bond acceptors (Lipinski definition) is 2. The third-order valence-electron chi connectivity index (χ3n) is 2.21. The Morgan fingerprint density at radius 3 is 2.67 bits per heavy atom. The molecule has 84 valence electrons. The average Bonchev–Trinajstić information content (AvgIpc) is 2.11. The van der Waals surface area contributed by atoms with Crippen molar-refractivity contribution in [1.82, 2.24) is 0 Å². The number of aryl methyl sites for hydroxylation is 1. The van der Waals surface area contributed by atoms with E-state index in [4.69, 9.17) is 0 Å². The van der Waals surface area contributed by atoms with Gasteiger partial charge in [-0.3, -0.25) is 0 Å². The second-order valence-corrected chi connectivity index (χ2v) is 5.71. The van der Waals surface area contributed by atoms with Gasteiger partial charge in [-0.15, -0.1) is 0 Å². The summed E-state index contributed by atoms with van der Waals surface area (Å²) >= 11 is 1.88. The van der Waals surface area contributed by atoms with Gasteiger partial charge >= 0.3 is 0 Å². The standard InChI is InChI=1S/C13H20OS/c1-11-5-4-6-12(9-11)10-15-8-7-13(2,3)14/h4-6,9,14H,7-8,10H2,1-3H3. The first-order valence-corrected chi connectivity index (χ1v) is 6.48. The Morgan fingerprint density at radius 1 is 1.33 bits per heavy atom. The molecule has 0 heterocycles. The Morgan fingerprint density at radius 2 is 2.07 bits per heavy atom. The highest BCUT2D eigenvalue weighted by Crippen LogP contribution is 2.17. The van der Waals surface area contributed by atoms with E-state index in [9.17, 15) is 5.11 Å². The lowest BCUT2D eigenvalue weighted by Gasteiger charge is -2.16. The zero-order chi connectivity index (χ0) is 11.3. The van der Waals surface area contributed by atoms with Gasteiger partial charge in [-0.1, -0.05) is 29.8 Å². The van der Waals surface area contributed by atoms with E-state index in [1.54, 1.807) is 0 Å². The maximum atomic E-state index is 9.55. The molecule has 2 heteroatoms. The smallest absolute Gasteiger partial charge is 0.0599 e. The number of hydrogen-bond donors (Lipinski definition) is 1. The van der Waals surface area contributed by atoms with Crippen LogP contribution in [-0.2, 0) is 5.75 Å². The molecular weight excluding hydrogens is 204 g/mol. The van der Waals surface area contributed by atoms with Crippen LogP contribution in [0.15, 0.2) is 24.3 Å². The summed E-state index contributed by atoms with van der Waals surface area (Å²) in [4.78, 5) is 0. The summed E-state index contributed by atoms with van der Waals surface area (Å²) in [6.45, 7) is 5.84. The predicted octanol–water partition coefficient (Wildman–Crippen LogP) is 3.39. The molecular formula is C13H20OS. The molecule has 0 saturated carbocycles. The lowest BCUT2D eigenvalue weighted by molar-refractivity contribution is 0.0777. The molecule has 0 unspecified atom stereocenters. The van der Waals surface area contributed by atoms with Gasteiger partial charge < -0.3 is 5.11 Å². The van der Waals surface area contributed by atoms with Crippen LogP contribution in [0.25, 0.3) is 0 Å². The van der Waals surface area contributed by atoms with Gasteiger partial charge in [0.15, 0.2) is 0 Å². The van der Waals surface area contributed by atoms with Crippen molar-refractivity contribution in [3.05, 3.63) is 35.4 Å². The van der Waals surface area contributed by atoms with Gasteiger partial charge in [0.2, 0.25) is 0 Å². The van der Waals surface area contributed by atoms with Crippen molar-refractivity contribution in [1.29, 1.82) is 0 Å². The maximum absolute atomic E-state index is 9.55. The fourth-order valence-corrected chi connectivity index (χ4v) is 2.52. The molecule has 0 fully saturated rings. The summed E-state index contributed by atoms with van der Waals surface area (Å²) in [5.41, 5.74) is 2.16. The van der Waals surface area contributed by atoms with Crippen molar-refractivity contribution in [2.45, 2.75) is 38.5 Å². The van der Waals surface area contributed by atoms with Crippen molar-refractivity contribution >= 4 is 11.8 Å². The van der Waals surface area contributed by atoms with Crippen LogP contribution in [0.3, 0.4) is 0 Å². The monoisotopic (exact) mass is 224 g/mol. The molecule has 0 aliphatic heterocycles. The Kier molecular flexibility index (Phi) is 4.68. The largest absolute Gasteiger partial charge is 0.390 e. The summed E-state index contributed by atoms with van der Waals surface area (Å²) in [6.07, 6.45) is 0.851. The van der Waals surface area contributed by atoms with E-state index in [1.165, 1.54) is 11.1 Å². The molecule has 1 rings (SSSR count). The highest BCUT2D eigenvalue weighted by Gasteiger charge is 2.11. The van der Waals surface area contributed by atoms with Gasteiger partial charge in [0.25, 0.3) is 0 Å². The molecule has 0 aliphatic rings. The van der Waals surface area contributed by atoms with Crippen LogP contribution in [0, 0.1) is 6.92 Å². The molecule has 0 spiro atoms. The van der Waals surface area contributed by atoms with Gasteiger partial charge in [-0.25, -0.2) is 0 Å². The minimum absolute atomic E-state index is 0.528. The van der Waals surface area contributed by atoms with E-state index in [2.05, 4.69) is 31.2 Å². The Bertz CT molecular complexity index is 302. The molecule has 0 amide bonds. The van der Waals surface area contributed by atoms with E-state index in [1.807, 2.05) is 25.6 Å². The predicted molar refractivity (Wildman–Crippen MR) is 68.3 cm³/mol. The number of rotatable bonds is 5. The summed E-state index contributed by atoms with van der Waals surface area (Å²) < 4.78 is 0. The van der Waals surface area contributed by atoms with Crippen LogP contribution in [-0.4, -0.2) is 16.5 Å². The SMILES string of the molecule is Cc1cccc(CSCCC(C)(C)O)c1. The maximum Gasteiger partial charge on any atom is 0.0599 e. The van der Waals surface area contributed by atoms with Crippen LogP contribution in [0.2, 0.25) is 0 Å². The molecule has 15 heavy (non-hydrogen) atoms. The van der Waals surface area contributed by atoms with E-state index < -0.39 is 5.60 Å². The van der Waals surface area contributed by atoms with Crippen molar-refractivity contribution in [3.8, 4) is 0 Å². The van der Waals surface area contributed by atoms with Crippen LogP contribution in [0.1, 0.15) is 31.4 Å². The van der Waals surface area contributed by atoms with Gasteiger partial charge in [0, 0.05) is 5.75 Å². The lowest BCUT2D eigenvalue weighted by atomic mass is 10.1. The second kappa shape index (κ2) is 5.57. The Balaban J connectivity index is 2.26. The van der Waals surface area contributed by atoms with E-state index >= 15 is 0 Å². The molecule has 0 aliphatic carbocycles. The molecule has 0 saturated heterocycles. The molecule has 0 aromatic heterocycles.